The Kier molecular flexibility index (Phi) is 8.50. The molecule has 0 saturated carbocycles. The zero-order valence-electron chi connectivity index (χ0n) is 17.5. The highest BCUT2D eigenvalue weighted by Crippen LogP contribution is 2.30. The molecular formula is C24H35NO2. The smallest absolute Gasteiger partial charge is 0.142 e. The number of rotatable bonds is 11. The molecule has 2 atom stereocenters. The molecule has 27 heavy (non-hydrogen) atoms. The van der Waals surface area contributed by atoms with Crippen molar-refractivity contribution in [3.8, 4) is 11.5 Å². The summed E-state index contributed by atoms with van der Waals surface area (Å²) in [6.07, 6.45) is 2.15. The summed E-state index contributed by atoms with van der Waals surface area (Å²) < 4.78 is 12.3. The van der Waals surface area contributed by atoms with Gasteiger partial charge in [0.1, 0.15) is 17.6 Å². The van der Waals surface area contributed by atoms with E-state index in [2.05, 4.69) is 70.3 Å². The molecule has 0 bridgehead atoms. The molecule has 0 saturated heterocycles. The van der Waals surface area contributed by atoms with Gasteiger partial charge >= 0.3 is 0 Å². The Morgan fingerprint density at radius 2 is 1.52 bits per heavy atom. The molecule has 2 aromatic carbocycles. The van der Waals surface area contributed by atoms with Crippen molar-refractivity contribution in [2.75, 3.05) is 18.5 Å². The lowest BCUT2D eigenvalue weighted by Crippen LogP contribution is -2.26. The summed E-state index contributed by atoms with van der Waals surface area (Å²) in [5, 5.41) is 3.52. The Labute approximate surface area is 165 Å². The molecule has 3 nitrogen and oxygen atoms in total. The van der Waals surface area contributed by atoms with Gasteiger partial charge in [-0.05, 0) is 48.4 Å². The molecule has 0 aliphatic rings. The Morgan fingerprint density at radius 1 is 0.852 bits per heavy atom. The van der Waals surface area contributed by atoms with E-state index in [-0.39, 0.29) is 6.10 Å². The van der Waals surface area contributed by atoms with Gasteiger partial charge in [0.05, 0.1) is 18.8 Å². The lowest BCUT2D eigenvalue weighted by Gasteiger charge is -2.23. The quantitative estimate of drug-likeness (QED) is 0.490. The first kappa shape index (κ1) is 21.1. The SMILES string of the molecule is CCC(CNc1ccccc1OCC(C)C)Oc1ccccc1C(C)CC. The van der Waals surface area contributed by atoms with Crippen LogP contribution >= 0.6 is 0 Å². The minimum atomic E-state index is 0.105. The first-order valence-electron chi connectivity index (χ1n) is 10.3. The summed E-state index contributed by atoms with van der Waals surface area (Å²) in [5.41, 5.74) is 2.31. The van der Waals surface area contributed by atoms with Gasteiger partial charge < -0.3 is 14.8 Å². The average molecular weight is 370 g/mol. The normalized spacial score (nSPS) is 13.3. The van der Waals surface area contributed by atoms with E-state index in [1.807, 2.05) is 18.2 Å². The van der Waals surface area contributed by atoms with Crippen molar-refractivity contribution in [3.05, 3.63) is 54.1 Å². The summed E-state index contributed by atoms with van der Waals surface area (Å²) in [5.74, 6) is 2.91. The third-order valence-corrected chi connectivity index (χ3v) is 4.79. The summed E-state index contributed by atoms with van der Waals surface area (Å²) in [6.45, 7) is 12.4. The van der Waals surface area contributed by atoms with E-state index < -0.39 is 0 Å². The van der Waals surface area contributed by atoms with Crippen LogP contribution in [0, 0.1) is 5.92 Å². The molecule has 0 radical (unpaired) electrons. The largest absolute Gasteiger partial charge is 0.491 e. The summed E-state index contributed by atoms with van der Waals surface area (Å²) in [7, 11) is 0. The van der Waals surface area contributed by atoms with Crippen molar-refractivity contribution in [2.24, 2.45) is 5.92 Å². The third-order valence-electron chi connectivity index (χ3n) is 4.79. The highest BCUT2D eigenvalue weighted by atomic mass is 16.5. The number of anilines is 1. The van der Waals surface area contributed by atoms with Crippen LogP contribution in [0.2, 0.25) is 0 Å². The Bertz CT molecular complexity index is 684. The van der Waals surface area contributed by atoms with E-state index in [9.17, 15) is 0 Å². The predicted octanol–water partition coefficient (Wildman–Crippen LogP) is 6.50. The molecule has 2 aromatic rings. The fraction of sp³-hybridized carbons (Fsp3) is 0.500. The Morgan fingerprint density at radius 3 is 2.19 bits per heavy atom. The molecule has 0 heterocycles. The first-order valence-corrected chi connectivity index (χ1v) is 10.3. The molecule has 0 aliphatic heterocycles. The van der Waals surface area contributed by atoms with Crippen LogP contribution in [0.5, 0.6) is 11.5 Å². The van der Waals surface area contributed by atoms with Crippen molar-refractivity contribution >= 4 is 5.69 Å². The van der Waals surface area contributed by atoms with E-state index >= 15 is 0 Å². The summed E-state index contributed by atoms with van der Waals surface area (Å²) in [4.78, 5) is 0. The maximum atomic E-state index is 6.37. The number of nitrogens with one attached hydrogen (secondary N) is 1. The molecule has 3 heteroatoms. The summed E-state index contributed by atoms with van der Waals surface area (Å²) >= 11 is 0. The molecule has 1 N–H and O–H groups in total. The molecule has 0 spiro atoms. The molecule has 0 aromatic heterocycles. The number of ether oxygens (including phenoxy) is 2. The van der Waals surface area contributed by atoms with E-state index in [4.69, 9.17) is 9.47 Å². The van der Waals surface area contributed by atoms with Gasteiger partial charge in [-0.1, -0.05) is 65.0 Å². The second-order valence-corrected chi connectivity index (χ2v) is 7.58. The van der Waals surface area contributed by atoms with Crippen LogP contribution < -0.4 is 14.8 Å². The van der Waals surface area contributed by atoms with E-state index in [1.54, 1.807) is 0 Å². The molecule has 0 fully saturated rings. The molecular weight excluding hydrogens is 334 g/mol. The number of benzene rings is 2. The molecule has 0 aliphatic carbocycles. The topological polar surface area (TPSA) is 30.5 Å². The van der Waals surface area contributed by atoms with Crippen LogP contribution in [0.1, 0.15) is 58.9 Å². The van der Waals surface area contributed by atoms with Crippen LogP contribution in [0.4, 0.5) is 5.69 Å². The first-order chi connectivity index (χ1) is 13.0. The van der Waals surface area contributed by atoms with Gasteiger partial charge in [-0.3, -0.25) is 0 Å². The predicted molar refractivity (Wildman–Crippen MR) is 115 cm³/mol. The van der Waals surface area contributed by atoms with Crippen molar-refractivity contribution in [1.29, 1.82) is 0 Å². The van der Waals surface area contributed by atoms with Crippen LogP contribution in [-0.4, -0.2) is 19.3 Å². The Hall–Kier alpha value is -2.16. The zero-order chi connectivity index (χ0) is 19.6. The maximum Gasteiger partial charge on any atom is 0.142 e. The van der Waals surface area contributed by atoms with Gasteiger partial charge in [-0.2, -0.15) is 0 Å². The van der Waals surface area contributed by atoms with Gasteiger partial charge in [0.25, 0.3) is 0 Å². The minimum absolute atomic E-state index is 0.105. The average Bonchev–Trinajstić information content (AvgIpc) is 2.69. The van der Waals surface area contributed by atoms with Crippen LogP contribution in [0.3, 0.4) is 0 Å². The summed E-state index contributed by atoms with van der Waals surface area (Å²) in [6, 6.07) is 16.5. The van der Waals surface area contributed by atoms with Gasteiger partial charge in [0, 0.05) is 0 Å². The second-order valence-electron chi connectivity index (χ2n) is 7.58. The van der Waals surface area contributed by atoms with E-state index in [0.29, 0.717) is 18.4 Å². The van der Waals surface area contributed by atoms with Crippen molar-refractivity contribution in [2.45, 2.75) is 59.5 Å². The van der Waals surface area contributed by atoms with Crippen LogP contribution in [0.25, 0.3) is 0 Å². The molecule has 2 unspecified atom stereocenters. The van der Waals surface area contributed by atoms with Crippen molar-refractivity contribution in [3.63, 3.8) is 0 Å². The molecule has 0 amide bonds. The fourth-order valence-electron chi connectivity index (χ4n) is 2.88. The van der Waals surface area contributed by atoms with E-state index in [0.717, 1.165) is 36.6 Å². The van der Waals surface area contributed by atoms with E-state index in [1.165, 1.54) is 5.56 Å². The maximum absolute atomic E-state index is 6.37. The van der Waals surface area contributed by atoms with Gasteiger partial charge in [0.2, 0.25) is 0 Å². The second kappa shape index (κ2) is 10.9. The monoisotopic (exact) mass is 369 g/mol. The van der Waals surface area contributed by atoms with Crippen LogP contribution in [-0.2, 0) is 0 Å². The minimum Gasteiger partial charge on any atom is -0.491 e. The lowest BCUT2D eigenvalue weighted by atomic mass is 9.98. The fourth-order valence-corrected chi connectivity index (χ4v) is 2.88. The highest BCUT2D eigenvalue weighted by molar-refractivity contribution is 5.56. The zero-order valence-corrected chi connectivity index (χ0v) is 17.5. The third kappa shape index (κ3) is 6.50. The number of hydrogen-bond acceptors (Lipinski definition) is 3. The standard InChI is InChI=1S/C24H35NO2/c1-6-19(5)21-12-8-10-14-23(21)27-20(7-2)16-25-22-13-9-11-15-24(22)26-17-18(3)4/h8-15,18-20,25H,6-7,16-17H2,1-5H3. The number of hydrogen-bond donors (Lipinski definition) is 1. The molecule has 2 rings (SSSR count). The van der Waals surface area contributed by atoms with Crippen LogP contribution in [0.15, 0.2) is 48.5 Å². The van der Waals surface area contributed by atoms with Gasteiger partial charge in [-0.15, -0.1) is 0 Å². The number of para-hydroxylation sites is 3. The Balaban J connectivity index is 2.03. The highest BCUT2D eigenvalue weighted by Gasteiger charge is 2.15. The van der Waals surface area contributed by atoms with Crippen molar-refractivity contribution in [1.82, 2.24) is 0 Å². The van der Waals surface area contributed by atoms with Gasteiger partial charge in [0.15, 0.2) is 0 Å². The lowest BCUT2D eigenvalue weighted by molar-refractivity contribution is 0.206. The van der Waals surface area contributed by atoms with Gasteiger partial charge in [-0.25, -0.2) is 0 Å². The molecule has 148 valence electrons. The van der Waals surface area contributed by atoms with Crippen molar-refractivity contribution < 1.29 is 9.47 Å².